The molecule has 0 radical (unpaired) electrons. The molecule has 2 aromatic carbocycles. The van der Waals surface area contributed by atoms with Gasteiger partial charge >= 0.3 is 0 Å². The zero-order chi connectivity index (χ0) is 18.4. The van der Waals surface area contributed by atoms with Gasteiger partial charge < -0.3 is 15.4 Å². The minimum atomic E-state index is 0.0622. The van der Waals surface area contributed by atoms with Gasteiger partial charge in [0.2, 0.25) is 0 Å². The van der Waals surface area contributed by atoms with Crippen molar-refractivity contribution in [3.05, 3.63) is 59.1 Å². The Morgan fingerprint density at radius 3 is 2.48 bits per heavy atom. The van der Waals surface area contributed by atoms with Crippen molar-refractivity contribution in [2.75, 3.05) is 12.4 Å². The quantitative estimate of drug-likeness (QED) is 0.662. The summed E-state index contributed by atoms with van der Waals surface area (Å²) in [7, 11) is 1.59. The van der Waals surface area contributed by atoms with E-state index < -0.39 is 0 Å². The minimum absolute atomic E-state index is 0.0622. The molecule has 0 spiro atoms. The molecule has 1 unspecified atom stereocenters. The highest BCUT2D eigenvalue weighted by molar-refractivity contribution is 7.80. The van der Waals surface area contributed by atoms with Gasteiger partial charge in [-0.3, -0.25) is 0 Å². The van der Waals surface area contributed by atoms with E-state index in [1.165, 1.54) is 5.56 Å². The van der Waals surface area contributed by atoms with Crippen molar-refractivity contribution in [3.8, 4) is 5.75 Å². The zero-order valence-electron chi connectivity index (χ0n) is 15.1. The van der Waals surface area contributed by atoms with Crippen molar-refractivity contribution in [3.63, 3.8) is 0 Å². The molecule has 1 atom stereocenters. The van der Waals surface area contributed by atoms with Crippen LogP contribution in [-0.2, 0) is 5.41 Å². The number of rotatable bonds is 6. The summed E-state index contributed by atoms with van der Waals surface area (Å²) in [4.78, 5) is 0. The van der Waals surface area contributed by atoms with Gasteiger partial charge in [0.15, 0.2) is 5.11 Å². The lowest BCUT2D eigenvalue weighted by molar-refractivity contribution is 0.415. The third kappa shape index (κ3) is 5.62. The molecule has 0 aliphatic rings. The second-order valence-electron chi connectivity index (χ2n) is 6.80. The SMILES string of the molecule is COc1ccc(NC(=S)NC(C)CC(C)(C)c2ccccc2)cc1Cl. The van der Waals surface area contributed by atoms with Crippen LogP contribution in [0.3, 0.4) is 0 Å². The highest BCUT2D eigenvalue weighted by Gasteiger charge is 2.23. The van der Waals surface area contributed by atoms with E-state index in [0.29, 0.717) is 15.9 Å². The van der Waals surface area contributed by atoms with Crippen LogP contribution in [0.5, 0.6) is 5.75 Å². The number of hydrogen-bond donors (Lipinski definition) is 2. The van der Waals surface area contributed by atoms with E-state index in [1.807, 2.05) is 18.2 Å². The molecule has 0 saturated carbocycles. The van der Waals surface area contributed by atoms with Crippen LogP contribution in [-0.4, -0.2) is 18.3 Å². The van der Waals surface area contributed by atoms with E-state index in [4.69, 9.17) is 28.6 Å². The van der Waals surface area contributed by atoms with Crippen molar-refractivity contribution < 1.29 is 4.74 Å². The van der Waals surface area contributed by atoms with Crippen molar-refractivity contribution in [2.24, 2.45) is 0 Å². The number of halogens is 1. The van der Waals surface area contributed by atoms with Gasteiger partial charge in [0, 0.05) is 11.7 Å². The third-order valence-electron chi connectivity index (χ3n) is 4.16. The number of hydrogen-bond acceptors (Lipinski definition) is 2. The van der Waals surface area contributed by atoms with E-state index in [9.17, 15) is 0 Å². The first-order valence-corrected chi connectivity index (χ1v) is 9.07. The molecule has 0 aliphatic carbocycles. The molecular weight excluding hydrogens is 352 g/mol. The van der Waals surface area contributed by atoms with Gasteiger partial charge in [-0.05, 0) is 54.7 Å². The lowest BCUT2D eigenvalue weighted by atomic mass is 9.79. The van der Waals surface area contributed by atoms with Crippen LogP contribution in [0.4, 0.5) is 5.69 Å². The van der Waals surface area contributed by atoms with Crippen LogP contribution in [0.15, 0.2) is 48.5 Å². The smallest absolute Gasteiger partial charge is 0.170 e. The molecule has 5 heteroatoms. The maximum Gasteiger partial charge on any atom is 0.170 e. The highest BCUT2D eigenvalue weighted by Crippen LogP contribution is 2.29. The fourth-order valence-corrected chi connectivity index (χ4v) is 3.54. The normalized spacial score (nSPS) is 12.4. The molecule has 134 valence electrons. The third-order valence-corrected chi connectivity index (χ3v) is 4.67. The fourth-order valence-electron chi connectivity index (χ4n) is 2.96. The Morgan fingerprint density at radius 1 is 1.20 bits per heavy atom. The molecule has 2 rings (SSSR count). The Balaban J connectivity index is 1.93. The first-order chi connectivity index (χ1) is 11.8. The summed E-state index contributed by atoms with van der Waals surface area (Å²) in [5, 5.41) is 7.65. The summed E-state index contributed by atoms with van der Waals surface area (Å²) in [5.74, 6) is 0.643. The van der Waals surface area contributed by atoms with Crippen molar-refractivity contribution >= 4 is 34.6 Å². The average Bonchev–Trinajstić information content (AvgIpc) is 2.55. The number of benzene rings is 2. The Labute approximate surface area is 160 Å². The van der Waals surface area contributed by atoms with E-state index in [1.54, 1.807) is 13.2 Å². The van der Waals surface area contributed by atoms with Crippen LogP contribution < -0.4 is 15.4 Å². The predicted molar refractivity (Wildman–Crippen MR) is 111 cm³/mol. The highest BCUT2D eigenvalue weighted by atomic mass is 35.5. The first kappa shape index (κ1) is 19.5. The largest absolute Gasteiger partial charge is 0.495 e. The van der Waals surface area contributed by atoms with Crippen molar-refractivity contribution in [2.45, 2.75) is 38.6 Å². The molecule has 0 fully saturated rings. The standard InChI is InChI=1S/C20H25ClN2OS/c1-14(13-20(2,3)15-8-6-5-7-9-15)22-19(25)23-16-10-11-18(24-4)17(21)12-16/h5-12,14H,13H2,1-4H3,(H2,22,23,25). The maximum atomic E-state index is 6.14. The summed E-state index contributed by atoms with van der Waals surface area (Å²) in [6.45, 7) is 6.64. The monoisotopic (exact) mass is 376 g/mol. The second kappa shape index (κ2) is 8.54. The van der Waals surface area contributed by atoms with Gasteiger partial charge in [0.25, 0.3) is 0 Å². The van der Waals surface area contributed by atoms with Gasteiger partial charge in [0.05, 0.1) is 12.1 Å². The molecule has 0 amide bonds. The van der Waals surface area contributed by atoms with Crippen LogP contribution >= 0.6 is 23.8 Å². The molecule has 0 heterocycles. The molecule has 0 bridgehead atoms. The summed E-state index contributed by atoms with van der Waals surface area (Å²) < 4.78 is 5.16. The topological polar surface area (TPSA) is 33.3 Å². The summed E-state index contributed by atoms with van der Waals surface area (Å²) >= 11 is 11.6. The summed E-state index contributed by atoms with van der Waals surface area (Å²) in [6.07, 6.45) is 0.961. The summed E-state index contributed by atoms with van der Waals surface area (Å²) in [6, 6.07) is 16.3. The van der Waals surface area contributed by atoms with E-state index in [-0.39, 0.29) is 11.5 Å². The van der Waals surface area contributed by atoms with Crippen molar-refractivity contribution in [1.29, 1.82) is 0 Å². The van der Waals surface area contributed by atoms with Crippen LogP contribution in [0, 0.1) is 0 Å². The molecule has 25 heavy (non-hydrogen) atoms. The number of methoxy groups -OCH3 is 1. The maximum absolute atomic E-state index is 6.14. The van der Waals surface area contributed by atoms with Gasteiger partial charge in [-0.2, -0.15) is 0 Å². The van der Waals surface area contributed by atoms with Crippen LogP contribution in [0.1, 0.15) is 32.8 Å². The van der Waals surface area contributed by atoms with Crippen LogP contribution in [0.25, 0.3) is 0 Å². The number of nitrogens with one attached hydrogen (secondary N) is 2. The Bertz CT molecular complexity index is 719. The van der Waals surface area contributed by atoms with E-state index in [2.05, 4.69) is 55.7 Å². The lowest BCUT2D eigenvalue weighted by Crippen LogP contribution is -2.39. The van der Waals surface area contributed by atoms with Gasteiger partial charge in [-0.15, -0.1) is 0 Å². The fraction of sp³-hybridized carbons (Fsp3) is 0.350. The molecule has 2 N–H and O–H groups in total. The number of ether oxygens (including phenoxy) is 1. The number of thiocarbonyl (C=S) groups is 1. The first-order valence-electron chi connectivity index (χ1n) is 8.28. The van der Waals surface area contributed by atoms with Gasteiger partial charge in [-0.25, -0.2) is 0 Å². The van der Waals surface area contributed by atoms with Crippen molar-refractivity contribution in [1.82, 2.24) is 5.32 Å². The Morgan fingerprint density at radius 2 is 1.88 bits per heavy atom. The van der Waals surface area contributed by atoms with Gasteiger partial charge in [-0.1, -0.05) is 55.8 Å². The Kier molecular flexibility index (Phi) is 6.68. The molecule has 0 saturated heterocycles. The Hall–Kier alpha value is -1.78. The number of anilines is 1. The summed E-state index contributed by atoms with van der Waals surface area (Å²) in [5.41, 5.74) is 2.22. The van der Waals surface area contributed by atoms with E-state index in [0.717, 1.165) is 12.1 Å². The molecular formula is C20H25ClN2OS. The molecule has 3 nitrogen and oxygen atoms in total. The van der Waals surface area contributed by atoms with Crippen LogP contribution in [0.2, 0.25) is 5.02 Å². The van der Waals surface area contributed by atoms with Gasteiger partial charge in [0.1, 0.15) is 5.75 Å². The average molecular weight is 377 g/mol. The molecule has 0 aliphatic heterocycles. The zero-order valence-corrected chi connectivity index (χ0v) is 16.7. The minimum Gasteiger partial charge on any atom is -0.495 e. The molecule has 0 aromatic heterocycles. The molecule has 2 aromatic rings. The second-order valence-corrected chi connectivity index (χ2v) is 7.62. The lowest BCUT2D eigenvalue weighted by Gasteiger charge is -2.29. The predicted octanol–water partition coefficient (Wildman–Crippen LogP) is 5.39. The van der Waals surface area contributed by atoms with E-state index >= 15 is 0 Å².